The monoisotopic (exact) mass is 275 g/mol. The van der Waals surface area contributed by atoms with Gasteiger partial charge in [0.25, 0.3) is 0 Å². The number of rotatable bonds is 3. The van der Waals surface area contributed by atoms with Gasteiger partial charge in [-0.1, -0.05) is 15.9 Å². The molecule has 2 nitrogen and oxygen atoms in total. The van der Waals surface area contributed by atoms with Crippen LogP contribution in [0.3, 0.4) is 0 Å². The van der Waals surface area contributed by atoms with Gasteiger partial charge in [0.15, 0.2) is 0 Å². The summed E-state index contributed by atoms with van der Waals surface area (Å²) < 4.78 is 5.66. The van der Waals surface area contributed by atoms with E-state index in [1.54, 1.807) is 11.3 Å². The summed E-state index contributed by atoms with van der Waals surface area (Å²) in [6, 6.07) is 0. The molecule has 0 spiro atoms. The van der Waals surface area contributed by atoms with Crippen LogP contribution in [0.4, 0.5) is 0 Å². The minimum absolute atomic E-state index is 0.284. The van der Waals surface area contributed by atoms with Crippen molar-refractivity contribution in [2.45, 2.75) is 25.9 Å². The number of hydrogen-bond acceptors (Lipinski definition) is 3. The van der Waals surface area contributed by atoms with Gasteiger partial charge in [0.05, 0.1) is 11.6 Å². The zero-order valence-corrected chi connectivity index (χ0v) is 10.6. The van der Waals surface area contributed by atoms with E-state index in [1.165, 1.54) is 4.88 Å². The van der Waals surface area contributed by atoms with Gasteiger partial charge < -0.3 is 4.74 Å². The van der Waals surface area contributed by atoms with E-state index >= 15 is 0 Å². The van der Waals surface area contributed by atoms with E-state index in [0.717, 1.165) is 24.8 Å². The first-order chi connectivity index (χ1) is 6.77. The van der Waals surface area contributed by atoms with Crippen LogP contribution in [0.1, 0.15) is 18.2 Å². The molecule has 2 atom stereocenters. The molecule has 1 saturated heterocycles. The standard InChI is InChI=1S/C10H14BrNOS/c1-8-10(6-11,2-3-13-8)4-9-5-12-7-14-9/h5,7-8H,2-4,6H2,1H3. The summed E-state index contributed by atoms with van der Waals surface area (Å²) in [4.78, 5) is 5.48. The molecule has 1 aliphatic heterocycles. The number of ether oxygens (including phenoxy) is 1. The molecule has 0 saturated carbocycles. The van der Waals surface area contributed by atoms with Crippen LogP contribution in [0, 0.1) is 5.41 Å². The zero-order chi connectivity index (χ0) is 10.0. The Morgan fingerprint density at radius 3 is 3.14 bits per heavy atom. The molecule has 14 heavy (non-hydrogen) atoms. The predicted octanol–water partition coefficient (Wildman–Crippen LogP) is 2.88. The minimum Gasteiger partial charge on any atom is -0.378 e. The Kier molecular flexibility index (Phi) is 3.24. The lowest BCUT2D eigenvalue weighted by Gasteiger charge is -2.29. The normalized spacial score (nSPS) is 32.3. The van der Waals surface area contributed by atoms with Gasteiger partial charge in [0.1, 0.15) is 0 Å². The third kappa shape index (κ3) is 1.88. The largest absolute Gasteiger partial charge is 0.378 e. The van der Waals surface area contributed by atoms with E-state index in [0.29, 0.717) is 6.10 Å². The Bertz CT molecular complexity index is 290. The van der Waals surface area contributed by atoms with E-state index in [1.807, 2.05) is 11.7 Å². The molecule has 2 heterocycles. The average Bonchev–Trinajstić information content (AvgIpc) is 2.79. The number of nitrogens with zero attached hydrogens (tertiary/aromatic N) is 1. The summed E-state index contributed by atoms with van der Waals surface area (Å²) in [5.74, 6) is 0. The van der Waals surface area contributed by atoms with Gasteiger partial charge in [0.2, 0.25) is 0 Å². The number of hydrogen-bond donors (Lipinski definition) is 0. The summed E-state index contributed by atoms with van der Waals surface area (Å²) in [6.07, 6.45) is 4.56. The van der Waals surface area contributed by atoms with Crippen LogP contribution in [0.25, 0.3) is 0 Å². The quantitative estimate of drug-likeness (QED) is 0.792. The second kappa shape index (κ2) is 4.29. The maximum Gasteiger partial charge on any atom is 0.0794 e. The third-order valence-electron chi connectivity index (χ3n) is 3.11. The highest BCUT2D eigenvalue weighted by Gasteiger charge is 2.40. The molecule has 4 heteroatoms. The predicted molar refractivity (Wildman–Crippen MR) is 62.1 cm³/mol. The number of alkyl halides is 1. The molecule has 0 amide bonds. The SMILES string of the molecule is CC1OCCC1(CBr)Cc1cncs1. The van der Waals surface area contributed by atoms with Crippen molar-refractivity contribution in [3.63, 3.8) is 0 Å². The van der Waals surface area contributed by atoms with Gasteiger partial charge >= 0.3 is 0 Å². The Labute approximate surface area is 96.8 Å². The molecule has 0 aliphatic carbocycles. The van der Waals surface area contributed by atoms with Crippen LogP contribution in [-0.2, 0) is 11.2 Å². The van der Waals surface area contributed by atoms with Crippen molar-refractivity contribution in [1.29, 1.82) is 0 Å². The Morgan fingerprint density at radius 1 is 1.79 bits per heavy atom. The highest BCUT2D eigenvalue weighted by molar-refractivity contribution is 9.09. The zero-order valence-electron chi connectivity index (χ0n) is 8.20. The first-order valence-electron chi connectivity index (χ1n) is 4.82. The molecule has 0 bridgehead atoms. The Hall–Kier alpha value is 0.0700. The number of aromatic nitrogens is 1. The van der Waals surface area contributed by atoms with Gasteiger partial charge in [-0.2, -0.15) is 0 Å². The molecule has 1 fully saturated rings. The molecule has 0 radical (unpaired) electrons. The fourth-order valence-corrected chi connectivity index (χ4v) is 3.63. The highest BCUT2D eigenvalue weighted by Crippen LogP contribution is 2.40. The fourth-order valence-electron chi connectivity index (χ4n) is 1.95. The van der Waals surface area contributed by atoms with Crippen LogP contribution in [0.15, 0.2) is 11.7 Å². The van der Waals surface area contributed by atoms with Crippen LogP contribution < -0.4 is 0 Å². The summed E-state index contributed by atoms with van der Waals surface area (Å²) >= 11 is 5.36. The molecule has 1 aromatic heterocycles. The molecule has 2 unspecified atom stereocenters. The second-order valence-electron chi connectivity index (χ2n) is 3.90. The van der Waals surface area contributed by atoms with Crippen molar-refractivity contribution in [3.05, 3.63) is 16.6 Å². The Balaban J connectivity index is 2.13. The first-order valence-corrected chi connectivity index (χ1v) is 6.82. The molecule has 0 aromatic carbocycles. The lowest BCUT2D eigenvalue weighted by atomic mass is 9.80. The van der Waals surface area contributed by atoms with E-state index < -0.39 is 0 Å². The Morgan fingerprint density at radius 2 is 2.64 bits per heavy atom. The topological polar surface area (TPSA) is 22.1 Å². The van der Waals surface area contributed by atoms with Gasteiger partial charge in [-0.25, -0.2) is 0 Å². The van der Waals surface area contributed by atoms with Crippen molar-refractivity contribution >= 4 is 27.3 Å². The average molecular weight is 276 g/mol. The summed E-state index contributed by atoms with van der Waals surface area (Å²) in [5, 5.41) is 1.01. The summed E-state index contributed by atoms with van der Waals surface area (Å²) in [5.41, 5.74) is 2.18. The smallest absolute Gasteiger partial charge is 0.0794 e. The van der Waals surface area contributed by atoms with Gasteiger partial charge in [-0.05, 0) is 19.8 Å². The van der Waals surface area contributed by atoms with Gasteiger partial charge in [-0.15, -0.1) is 11.3 Å². The van der Waals surface area contributed by atoms with E-state index in [4.69, 9.17) is 4.74 Å². The van der Waals surface area contributed by atoms with Crippen molar-refractivity contribution in [2.75, 3.05) is 11.9 Å². The van der Waals surface area contributed by atoms with Crippen LogP contribution in [0.5, 0.6) is 0 Å². The van der Waals surface area contributed by atoms with Crippen molar-refractivity contribution in [2.24, 2.45) is 5.41 Å². The molecule has 78 valence electrons. The van der Waals surface area contributed by atoms with Crippen molar-refractivity contribution in [1.82, 2.24) is 4.98 Å². The van der Waals surface area contributed by atoms with Gasteiger partial charge in [0, 0.05) is 28.4 Å². The highest BCUT2D eigenvalue weighted by atomic mass is 79.9. The minimum atomic E-state index is 0.284. The van der Waals surface area contributed by atoms with Gasteiger partial charge in [-0.3, -0.25) is 4.98 Å². The summed E-state index contributed by atoms with van der Waals surface area (Å²) in [6.45, 7) is 3.07. The van der Waals surface area contributed by atoms with Crippen LogP contribution in [-0.4, -0.2) is 23.0 Å². The molecule has 1 aromatic rings. The van der Waals surface area contributed by atoms with Crippen molar-refractivity contribution in [3.8, 4) is 0 Å². The maximum atomic E-state index is 5.66. The lowest BCUT2D eigenvalue weighted by molar-refractivity contribution is 0.0749. The molecule has 0 N–H and O–H groups in total. The van der Waals surface area contributed by atoms with Crippen LogP contribution >= 0.6 is 27.3 Å². The van der Waals surface area contributed by atoms with E-state index in [-0.39, 0.29) is 5.41 Å². The maximum absolute atomic E-state index is 5.66. The third-order valence-corrected chi connectivity index (χ3v) is 5.00. The summed E-state index contributed by atoms with van der Waals surface area (Å²) in [7, 11) is 0. The van der Waals surface area contributed by atoms with Crippen molar-refractivity contribution < 1.29 is 4.74 Å². The fraction of sp³-hybridized carbons (Fsp3) is 0.700. The molecular weight excluding hydrogens is 262 g/mol. The number of halogens is 1. The molecule has 2 rings (SSSR count). The second-order valence-corrected chi connectivity index (χ2v) is 5.44. The molecule has 1 aliphatic rings. The first kappa shape index (κ1) is 10.6. The van der Waals surface area contributed by atoms with E-state index in [9.17, 15) is 0 Å². The van der Waals surface area contributed by atoms with E-state index in [2.05, 4.69) is 27.8 Å². The van der Waals surface area contributed by atoms with Crippen LogP contribution in [0.2, 0.25) is 0 Å². The molecular formula is C10H14BrNOS. The lowest BCUT2D eigenvalue weighted by Crippen LogP contribution is -2.32. The number of thiazole rings is 1.